The fourth-order valence-electron chi connectivity index (χ4n) is 0.385. The van der Waals surface area contributed by atoms with Crippen molar-refractivity contribution in [1.29, 1.82) is 0 Å². The molecule has 54 valence electrons. The molecule has 0 spiro atoms. The van der Waals surface area contributed by atoms with Crippen molar-refractivity contribution in [3.8, 4) is 0 Å². The van der Waals surface area contributed by atoms with Crippen molar-refractivity contribution in [3.05, 3.63) is 36.4 Å². The summed E-state index contributed by atoms with van der Waals surface area (Å²) in [5, 5.41) is 7.33. The van der Waals surface area contributed by atoms with Gasteiger partial charge in [0.25, 0.3) is 0 Å². The Hall–Kier alpha value is -0.830. The fourth-order valence-corrected chi connectivity index (χ4v) is 0.385. The van der Waals surface area contributed by atoms with Gasteiger partial charge in [-0.1, -0.05) is 36.4 Å². The Morgan fingerprint density at radius 3 is 1.20 bits per heavy atom. The van der Waals surface area contributed by atoms with Gasteiger partial charge in [-0.05, 0) is 0 Å². The van der Waals surface area contributed by atoms with Crippen molar-refractivity contribution in [2.24, 2.45) is 0 Å². The molecule has 0 unspecified atom stereocenters. The minimum Gasteiger partial charge on any atom is -0.473 e. The Kier molecular flexibility index (Phi) is 5.77. The number of benzene rings is 1. The third kappa shape index (κ3) is 10.2. The molecule has 1 aromatic carbocycles. The standard InChI is InChI=1S/C6H6.CHBrO2/c1-2-4-6-5-3-1;2-1(3)4/h1-6H;(H,3,4). The lowest BCUT2D eigenvalue weighted by atomic mass is 10.4. The van der Waals surface area contributed by atoms with Crippen LogP contribution in [0, 0.1) is 0 Å². The van der Waals surface area contributed by atoms with E-state index in [-0.39, 0.29) is 0 Å². The molecule has 0 aliphatic heterocycles. The average molecular weight is 203 g/mol. The molecule has 0 heterocycles. The Labute approximate surface area is 67.6 Å². The molecule has 1 aromatic rings. The summed E-state index contributed by atoms with van der Waals surface area (Å²) in [6.45, 7) is 0. The topological polar surface area (TPSA) is 37.3 Å². The number of hydrogen-bond acceptors (Lipinski definition) is 1. The van der Waals surface area contributed by atoms with Crippen LogP contribution in [0.2, 0.25) is 0 Å². The summed E-state index contributed by atoms with van der Waals surface area (Å²) in [4.78, 5) is 7.90. The first kappa shape index (κ1) is 9.17. The van der Waals surface area contributed by atoms with Gasteiger partial charge in [0.2, 0.25) is 0 Å². The Balaban J connectivity index is 0.000000180. The van der Waals surface area contributed by atoms with Gasteiger partial charge >= 0.3 is 4.88 Å². The molecule has 2 nitrogen and oxygen atoms in total. The van der Waals surface area contributed by atoms with Gasteiger partial charge in [-0.2, -0.15) is 0 Å². The fraction of sp³-hybridized carbons (Fsp3) is 0. The van der Waals surface area contributed by atoms with Gasteiger partial charge < -0.3 is 5.11 Å². The normalized spacial score (nSPS) is 7.30. The highest BCUT2D eigenvalue weighted by Crippen LogP contribution is 1.79. The van der Waals surface area contributed by atoms with Crippen LogP contribution >= 0.6 is 15.9 Å². The van der Waals surface area contributed by atoms with E-state index in [2.05, 4.69) is 15.9 Å². The minimum absolute atomic E-state index is 1.02. The monoisotopic (exact) mass is 202 g/mol. The molecule has 3 heteroatoms. The van der Waals surface area contributed by atoms with E-state index >= 15 is 0 Å². The summed E-state index contributed by atoms with van der Waals surface area (Å²) < 4.78 is 0. The van der Waals surface area contributed by atoms with Gasteiger partial charge in [-0.3, -0.25) is 0 Å². The van der Waals surface area contributed by atoms with Gasteiger partial charge in [0.15, 0.2) is 0 Å². The third-order valence-electron chi connectivity index (χ3n) is 0.667. The van der Waals surface area contributed by atoms with E-state index in [1.54, 1.807) is 0 Å². The number of hydrogen-bond donors (Lipinski definition) is 1. The first-order chi connectivity index (χ1) is 4.73. The molecule has 1 N–H and O–H groups in total. The van der Waals surface area contributed by atoms with Crippen LogP contribution in [-0.2, 0) is 0 Å². The Morgan fingerprint density at radius 1 is 1.00 bits per heavy atom. The van der Waals surface area contributed by atoms with E-state index < -0.39 is 4.88 Å². The van der Waals surface area contributed by atoms with Crippen molar-refractivity contribution in [2.45, 2.75) is 0 Å². The largest absolute Gasteiger partial charge is 0.473 e. The van der Waals surface area contributed by atoms with Crippen LogP contribution in [0.5, 0.6) is 0 Å². The van der Waals surface area contributed by atoms with Crippen LogP contribution < -0.4 is 0 Å². The van der Waals surface area contributed by atoms with Crippen LogP contribution in [0.1, 0.15) is 0 Å². The van der Waals surface area contributed by atoms with Gasteiger partial charge in [0, 0.05) is 15.9 Å². The highest BCUT2D eigenvalue weighted by Gasteiger charge is 1.70. The van der Waals surface area contributed by atoms with Crippen molar-refractivity contribution in [2.75, 3.05) is 0 Å². The average Bonchev–Trinajstić information content (AvgIpc) is 1.90. The van der Waals surface area contributed by atoms with E-state index in [9.17, 15) is 0 Å². The molecule has 0 saturated heterocycles. The van der Waals surface area contributed by atoms with Crippen LogP contribution in [0.25, 0.3) is 0 Å². The lowest BCUT2D eigenvalue weighted by Crippen LogP contribution is -1.65. The molecular formula is C7H7BrO2. The van der Waals surface area contributed by atoms with E-state index in [4.69, 9.17) is 9.90 Å². The van der Waals surface area contributed by atoms with Crippen LogP contribution in [0.15, 0.2) is 36.4 Å². The quantitative estimate of drug-likeness (QED) is 0.658. The SMILES string of the molecule is O=C(O)Br.c1ccccc1. The molecule has 0 fully saturated rings. The van der Waals surface area contributed by atoms with E-state index in [1.807, 2.05) is 36.4 Å². The maximum atomic E-state index is 8.92. The minimum atomic E-state index is -1.02. The Morgan fingerprint density at radius 2 is 1.10 bits per heavy atom. The predicted molar refractivity (Wildman–Crippen MR) is 43.4 cm³/mol. The van der Waals surface area contributed by atoms with Gasteiger partial charge in [0.1, 0.15) is 0 Å². The first-order valence-corrected chi connectivity index (χ1v) is 3.41. The molecule has 0 aliphatic carbocycles. The Bertz CT molecular complexity index is 144. The highest BCUT2D eigenvalue weighted by atomic mass is 79.9. The maximum absolute atomic E-state index is 8.92. The lowest BCUT2D eigenvalue weighted by Gasteiger charge is -1.69. The van der Waals surface area contributed by atoms with Crippen LogP contribution in [-0.4, -0.2) is 9.99 Å². The second-order valence-corrected chi connectivity index (χ2v) is 2.09. The van der Waals surface area contributed by atoms with Gasteiger partial charge in [-0.15, -0.1) is 0 Å². The molecule has 0 aromatic heterocycles. The second kappa shape index (κ2) is 6.29. The van der Waals surface area contributed by atoms with E-state index in [1.165, 1.54) is 0 Å². The summed E-state index contributed by atoms with van der Waals surface area (Å²) in [5.41, 5.74) is 0. The molecule has 0 aliphatic rings. The third-order valence-corrected chi connectivity index (χ3v) is 0.667. The lowest BCUT2D eigenvalue weighted by molar-refractivity contribution is 0.223. The van der Waals surface area contributed by atoms with Crippen molar-refractivity contribution < 1.29 is 9.90 Å². The van der Waals surface area contributed by atoms with Crippen LogP contribution in [0.4, 0.5) is 4.79 Å². The molecule has 10 heavy (non-hydrogen) atoms. The molecule has 0 radical (unpaired) electrons. The second-order valence-electron chi connectivity index (χ2n) is 1.41. The van der Waals surface area contributed by atoms with E-state index in [0.717, 1.165) is 0 Å². The molecule has 0 amide bonds. The molecule has 0 bridgehead atoms. The zero-order valence-electron chi connectivity index (χ0n) is 5.20. The number of carboxylic acid groups (broad SMARTS) is 1. The predicted octanol–water partition coefficient (Wildman–Crippen LogP) is 2.75. The zero-order valence-corrected chi connectivity index (χ0v) is 6.78. The molecule has 0 saturated carbocycles. The highest BCUT2D eigenvalue weighted by molar-refractivity contribution is 9.18. The smallest absolute Gasteiger partial charge is 0.372 e. The maximum Gasteiger partial charge on any atom is 0.372 e. The first-order valence-electron chi connectivity index (χ1n) is 2.62. The number of rotatable bonds is 0. The van der Waals surface area contributed by atoms with Gasteiger partial charge in [0.05, 0.1) is 0 Å². The summed E-state index contributed by atoms with van der Waals surface area (Å²) in [6.07, 6.45) is 0. The summed E-state index contributed by atoms with van der Waals surface area (Å²) >= 11 is 2.19. The number of carbonyl (C=O) groups is 1. The van der Waals surface area contributed by atoms with Crippen molar-refractivity contribution >= 4 is 20.8 Å². The summed E-state index contributed by atoms with van der Waals surface area (Å²) in [7, 11) is 0. The molecule has 0 atom stereocenters. The van der Waals surface area contributed by atoms with E-state index in [0.29, 0.717) is 0 Å². The molecule has 1 rings (SSSR count). The van der Waals surface area contributed by atoms with Crippen molar-refractivity contribution in [3.63, 3.8) is 0 Å². The zero-order chi connectivity index (χ0) is 7.82. The molecular weight excluding hydrogens is 196 g/mol. The van der Waals surface area contributed by atoms with Gasteiger partial charge in [-0.25, -0.2) is 4.79 Å². The van der Waals surface area contributed by atoms with Crippen LogP contribution in [0.3, 0.4) is 0 Å². The summed E-state index contributed by atoms with van der Waals surface area (Å²) in [5.74, 6) is 0. The van der Waals surface area contributed by atoms with Crippen molar-refractivity contribution in [1.82, 2.24) is 0 Å². The number of halogens is 1. The summed E-state index contributed by atoms with van der Waals surface area (Å²) in [6, 6.07) is 12.0.